The lowest BCUT2D eigenvalue weighted by atomic mass is 10.2. The van der Waals surface area contributed by atoms with Crippen molar-refractivity contribution in [3.8, 4) is 11.8 Å². The first-order valence-corrected chi connectivity index (χ1v) is 7.38. The number of primary amides is 1. The normalized spacial score (nSPS) is 10.8. The van der Waals surface area contributed by atoms with E-state index in [1.54, 1.807) is 0 Å². The molecule has 4 N–H and O–H groups in total. The van der Waals surface area contributed by atoms with Crippen LogP contribution in [0.25, 0.3) is 0 Å². The van der Waals surface area contributed by atoms with Crippen LogP contribution >= 0.6 is 23.2 Å². The summed E-state index contributed by atoms with van der Waals surface area (Å²) >= 11 is 11.7. The van der Waals surface area contributed by atoms with Gasteiger partial charge in [0.1, 0.15) is 11.5 Å². The highest BCUT2D eigenvalue weighted by molar-refractivity contribution is 7.89. The number of carbonyl (C=O) groups is 1. The van der Waals surface area contributed by atoms with Crippen molar-refractivity contribution in [3.63, 3.8) is 0 Å². The molecule has 0 saturated carbocycles. The second-order valence-corrected chi connectivity index (χ2v) is 6.04. The van der Waals surface area contributed by atoms with Crippen molar-refractivity contribution >= 4 is 39.1 Å². The molecule has 9 heteroatoms. The smallest absolute Gasteiger partial charge is 0.244 e. The fraction of sp³-hybridized carbons (Fsp3) is 0.182. The SMILES string of the molecule is NC(=O)CNS(=O)(=O)c1c(Cl)cc(C#CCO)cc1Cl. The fourth-order valence-electron chi connectivity index (χ4n) is 1.27. The number of amides is 1. The third-order valence-corrected chi connectivity index (χ3v) is 4.34. The van der Waals surface area contributed by atoms with Gasteiger partial charge in [-0.15, -0.1) is 0 Å². The minimum absolute atomic E-state index is 0.156. The topological polar surface area (TPSA) is 109 Å². The van der Waals surface area contributed by atoms with Gasteiger partial charge in [0.25, 0.3) is 0 Å². The Labute approximate surface area is 125 Å². The Hall–Kier alpha value is -1.30. The Morgan fingerprint density at radius 1 is 1.35 bits per heavy atom. The molecule has 1 aromatic carbocycles. The van der Waals surface area contributed by atoms with E-state index in [4.69, 9.17) is 34.0 Å². The van der Waals surface area contributed by atoms with Crippen molar-refractivity contribution in [2.45, 2.75) is 4.90 Å². The zero-order chi connectivity index (χ0) is 15.3. The number of nitrogens with two attached hydrogens (primary N) is 1. The molecule has 20 heavy (non-hydrogen) atoms. The van der Waals surface area contributed by atoms with Crippen molar-refractivity contribution in [1.29, 1.82) is 0 Å². The van der Waals surface area contributed by atoms with Gasteiger partial charge in [0.05, 0.1) is 16.6 Å². The number of aliphatic hydroxyl groups is 1. The van der Waals surface area contributed by atoms with Crippen LogP contribution in [0.15, 0.2) is 17.0 Å². The van der Waals surface area contributed by atoms with Crippen LogP contribution in [0.5, 0.6) is 0 Å². The van der Waals surface area contributed by atoms with Gasteiger partial charge in [0, 0.05) is 5.56 Å². The molecule has 0 aliphatic heterocycles. The largest absolute Gasteiger partial charge is 0.384 e. The maximum atomic E-state index is 11.9. The predicted octanol–water partition coefficient (Wildman–Crippen LogP) is 0.101. The molecule has 1 rings (SSSR count). The number of nitrogens with one attached hydrogen (secondary N) is 1. The van der Waals surface area contributed by atoms with Gasteiger partial charge < -0.3 is 10.8 Å². The minimum atomic E-state index is -4.07. The lowest BCUT2D eigenvalue weighted by molar-refractivity contribution is -0.116. The highest BCUT2D eigenvalue weighted by Crippen LogP contribution is 2.30. The van der Waals surface area contributed by atoms with Crippen LogP contribution in [0.4, 0.5) is 0 Å². The van der Waals surface area contributed by atoms with E-state index in [1.165, 1.54) is 12.1 Å². The van der Waals surface area contributed by atoms with Gasteiger partial charge in [-0.25, -0.2) is 13.1 Å². The minimum Gasteiger partial charge on any atom is -0.384 e. The van der Waals surface area contributed by atoms with Gasteiger partial charge in [0.15, 0.2) is 0 Å². The molecular weight excluding hydrogens is 327 g/mol. The van der Waals surface area contributed by atoms with E-state index < -0.39 is 22.5 Å². The maximum absolute atomic E-state index is 11.9. The Bertz CT molecular complexity index is 669. The molecule has 0 aromatic heterocycles. The highest BCUT2D eigenvalue weighted by Gasteiger charge is 2.22. The van der Waals surface area contributed by atoms with Gasteiger partial charge in [-0.05, 0) is 12.1 Å². The molecule has 0 saturated heterocycles. The summed E-state index contributed by atoms with van der Waals surface area (Å²) in [6, 6.07) is 2.57. The van der Waals surface area contributed by atoms with E-state index in [0.29, 0.717) is 5.56 Å². The Kier molecular flexibility index (Phi) is 5.80. The van der Waals surface area contributed by atoms with E-state index in [1.807, 2.05) is 4.72 Å². The number of carbonyl (C=O) groups excluding carboxylic acids is 1. The number of benzene rings is 1. The summed E-state index contributed by atoms with van der Waals surface area (Å²) in [5.41, 5.74) is 5.21. The lowest BCUT2D eigenvalue weighted by Gasteiger charge is -2.09. The number of aliphatic hydroxyl groups excluding tert-OH is 1. The van der Waals surface area contributed by atoms with Gasteiger partial charge in [-0.3, -0.25) is 4.79 Å². The van der Waals surface area contributed by atoms with E-state index in [2.05, 4.69) is 11.8 Å². The van der Waals surface area contributed by atoms with Crippen molar-refractivity contribution in [1.82, 2.24) is 4.72 Å². The third-order valence-electron chi connectivity index (χ3n) is 2.02. The third kappa shape index (κ3) is 4.37. The molecule has 6 nitrogen and oxygen atoms in total. The van der Waals surface area contributed by atoms with Crippen LogP contribution in [-0.4, -0.2) is 32.6 Å². The lowest BCUT2D eigenvalue weighted by Crippen LogP contribution is -2.33. The van der Waals surface area contributed by atoms with Crippen LogP contribution in [0.3, 0.4) is 0 Å². The zero-order valence-corrected chi connectivity index (χ0v) is 12.3. The fourth-order valence-corrected chi connectivity index (χ4v) is 3.47. The molecule has 0 heterocycles. The Morgan fingerprint density at radius 3 is 2.35 bits per heavy atom. The van der Waals surface area contributed by atoms with Gasteiger partial charge in [0.2, 0.25) is 15.9 Å². The van der Waals surface area contributed by atoms with Crippen LogP contribution in [0.2, 0.25) is 10.0 Å². The summed E-state index contributed by atoms with van der Waals surface area (Å²) < 4.78 is 25.9. The summed E-state index contributed by atoms with van der Waals surface area (Å²) in [4.78, 5) is 10.2. The molecule has 0 fully saturated rings. The van der Waals surface area contributed by atoms with Crippen molar-refractivity contribution in [2.24, 2.45) is 5.73 Å². The average molecular weight is 337 g/mol. The van der Waals surface area contributed by atoms with Crippen LogP contribution in [0.1, 0.15) is 5.56 Å². The molecular formula is C11H10Cl2N2O4S. The molecule has 1 aromatic rings. The molecule has 0 unspecified atom stereocenters. The zero-order valence-electron chi connectivity index (χ0n) is 9.98. The van der Waals surface area contributed by atoms with E-state index in [0.717, 1.165) is 0 Å². The van der Waals surface area contributed by atoms with Gasteiger partial charge in [-0.1, -0.05) is 35.0 Å². The molecule has 0 aliphatic carbocycles. The number of sulfonamides is 1. The van der Waals surface area contributed by atoms with E-state index in [-0.39, 0.29) is 21.5 Å². The summed E-state index contributed by atoms with van der Waals surface area (Å²) in [5.74, 6) is 4.08. The number of hydrogen-bond donors (Lipinski definition) is 3. The standard InChI is InChI=1S/C11H10Cl2N2O4S/c12-8-4-7(2-1-3-16)5-9(13)11(8)20(18,19)15-6-10(14)17/h4-5,15-16H,3,6H2,(H2,14,17). The number of halogens is 2. The van der Waals surface area contributed by atoms with Crippen LogP contribution in [0, 0.1) is 11.8 Å². The monoisotopic (exact) mass is 336 g/mol. The molecule has 0 radical (unpaired) electrons. The molecule has 1 amide bonds. The molecule has 0 aliphatic rings. The van der Waals surface area contributed by atoms with Crippen molar-refractivity contribution in [3.05, 3.63) is 27.7 Å². The van der Waals surface area contributed by atoms with Gasteiger partial charge in [-0.2, -0.15) is 0 Å². The molecule has 0 spiro atoms. The first-order chi connectivity index (χ1) is 9.27. The second-order valence-electron chi connectivity index (χ2n) is 3.52. The van der Waals surface area contributed by atoms with Gasteiger partial charge >= 0.3 is 0 Å². The quantitative estimate of drug-likeness (QED) is 0.677. The Morgan fingerprint density at radius 2 is 1.90 bits per heavy atom. The van der Waals surface area contributed by atoms with E-state index >= 15 is 0 Å². The van der Waals surface area contributed by atoms with Crippen LogP contribution in [-0.2, 0) is 14.8 Å². The Balaban J connectivity index is 3.23. The first-order valence-electron chi connectivity index (χ1n) is 5.14. The molecule has 0 bridgehead atoms. The summed E-state index contributed by atoms with van der Waals surface area (Å²) in [6.45, 7) is -0.920. The van der Waals surface area contributed by atoms with Crippen molar-refractivity contribution in [2.75, 3.05) is 13.2 Å². The second kappa shape index (κ2) is 6.92. The number of hydrogen-bond acceptors (Lipinski definition) is 4. The predicted molar refractivity (Wildman–Crippen MR) is 74.8 cm³/mol. The van der Waals surface area contributed by atoms with E-state index in [9.17, 15) is 13.2 Å². The number of rotatable bonds is 4. The summed E-state index contributed by atoms with van der Waals surface area (Å²) in [6.07, 6.45) is 0. The summed E-state index contributed by atoms with van der Waals surface area (Å²) in [7, 11) is -4.07. The first kappa shape index (κ1) is 16.8. The van der Waals surface area contributed by atoms with Crippen LogP contribution < -0.4 is 10.5 Å². The average Bonchev–Trinajstić information content (AvgIpc) is 2.33. The molecule has 108 valence electrons. The molecule has 0 atom stereocenters. The highest BCUT2D eigenvalue weighted by atomic mass is 35.5. The van der Waals surface area contributed by atoms with Crippen molar-refractivity contribution < 1.29 is 18.3 Å². The summed E-state index contributed by atoms with van der Waals surface area (Å²) in [5, 5.41) is 8.27. The maximum Gasteiger partial charge on any atom is 0.244 e.